The molecule has 0 unspecified atom stereocenters. The van der Waals surface area contributed by atoms with Crippen molar-refractivity contribution < 1.29 is 9.63 Å². The van der Waals surface area contributed by atoms with Gasteiger partial charge in [0.1, 0.15) is 7.11 Å². The third kappa shape index (κ3) is 4.46. The summed E-state index contributed by atoms with van der Waals surface area (Å²) < 4.78 is 0. The van der Waals surface area contributed by atoms with Crippen molar-refractivity contribution in [2.45, 2.75) is 25.7 Å². The Labute approximate surface area is 203 Å². The molecule has 1 aromatic carbocycles. The Morgan fingerprint density at radius 2 is 1.88 bits per heavy atom. The molecule has 0 radical (unpaired) electrons. The number of aromatic nitrogens is 2. The van der Waals surface area contributed by atoms with Crippen molar-refractivity contribution in [2.75, 3.05) is 20.2 Å². The fourth-order valence-corrected chi connectivity index (χ4v) is 4.97. The van der Waals surface area contributed by atoms with E-state index in [9.17, 15) is 4.79 Å². The van der Waals surface area contributed by atoms with E-state index in [1.807, 2.05) is 41.4 Å². The van der Waals surface area contributed by atoms with E-state index in [0.717, 1.165) is 52.1 Å². The van der Waals surface area contributed by atoms with E-state index in [2.05, 4.69) is 22.3 Å². The van der Waals surface area contributed by atoms with Crippen LogP contribution in [0.2, 0.25) is 5.02 Å². The van der Waals surface area contributed by atoms with Crippen molar-refractivity contribution in [2.24, 2.45) is 5.16 Å². The number of carbonyl (C=O) groups is 1. The number of oxime groups is 1. The highest BCUT2D eigenvalue weighted by molar-refractivity contribution is 6.31. The lowest BCUT2D eigenvalue weighted by Crippen LogP contribution is -2.37. The van der Waals surface area contributed by atoms with Gasteiger partial charge in [0.05, 0.1) is 17.8 Å². The second-order valence-electron chi connectivity index (χ2n) is 8.49. The number of benzene rings is 1. The number of piperidine rings is 1. The molecule has 1 aliphatic carbocycles. The van der Waals surface area contributed by atoms with Crippen LogP contribution in [0.1, 0.15) is 40.8 Å². The molecular formula is C27H25ClN4O2. The van der Waals surface area contributed by atoms with Gasteiger partial charge in [-0.3, -0.25) is 14.8 Å². The number of carbonyl (C=O) groups excluding carboxylic acids is 1. The van der Waals surface area contributed by atoms with Gasteiger partial charge in [0, 0.05) is 54.3 Å². The minimum Gasteiger partial charge on any atom is -0.399 e. The highest BCUT2D eigenvalue weighted by Gasteiger charge is 2.28. The Bertz CT molecular complexity index is 1280. The normalized spacial score (nSPS) is 16.6. The minimum absolute atomic E-state index is 0.149. The smallest absolute Gasteiger partial charge is 0.227 e. The van der Waals surface area contributed by atoms with Crippen LogP contribution in [0.4, 0.5) is 0 Å². The molecule has 0 saturated carbocycles. The van der Waals surface area contributed by atoms with Gasteiger partial charge in [-0.2, -0.15) is 0 Å². The number of hydrogen-bond donors (Lipinski definition) is 0. The molecule has 3 aromatic rings. The van der Waals surface area contributed by atoms with E-state index >= 15 is 0 Å². The van der Waals surface area contributed by atoms with Crippen LogP contribution in [-0.2, 0) is 22.5 Å². The third-order valence-electron chi connectivity index (χ3n) is 6.43. The first kappa shape index (κ1) is 22.3. The van der Waals surface area contributed by atoms with Crippen molar-refractivity contribution in [1.29, 1.82) is 0 Å². The number of hydrogen-bond acceptors (Lipinski definition) is 5. The van der Waals surface area contributed by atoms with Crippen molar-refractivity contribution in [3.8, 4) is 0 Å². The largest absolute Gasteiger partial charge is 0.399 e. The van der Waals surface area contributed by atoms with Crippen molar-refractivity contribution in [3.05, 3.63) is 99.6 Å². The van der Waals surface area contributed by atoms with Crippen LogP contribution in [0.25, 0.3) is 5.57 Å². The summed E-state index contributed by atoms with van der Waals surface area (Å²) in [6.07, 6.45) is 7.89. The van der Waals surface area contributed by atoms with Crippen LogP contribution in [0, 0.1) is 0 Å². The van der Waals surface area contributed by atoms with Crippen LogP contribution in [0.3, 0.4) is 0 Å². The summed E-state index contributed by atoms with van der Waals surface area (Å²) in [5.74, 6) is 0.149. The molecule has 172 valence electrons. The molecular weight excluding hydrogens is 448 g/mol. The van der Waals surface area contributed by atoms with E-state index in [0.29, 0.717) is 31.0 Å². The number of halogens is 1. The molecule has 0 bridgehead atoms. The van der Waals surface area contributed by atoms with Crippen LogP contribution < -0.4 is 0 Å². The van der Waals surface area contributed by atoms with Gasteiger partial charge in [-0.25, -0.2) is 0 Å². The molecule has 2 aromatic heterocycles. The summed E-state index contributed by atoms with van der Waals surface area (Å²) in [5, 5.41) is 4.98. The number of nitrogens with zero attached hydrogens (tertiary/aromatic N) is 4. The van der Waals surface area contributed by atoms with Crippen LogP contribution in [-0.4, -0.2) is 46.7 Å². The van der Waals surface area contributed by atoms with Crippen LogP contribution in [0.15, 0.2) is 71.8 Å². The Morgan fingerprint density at radius 1 is 1.09 bits per heavy atom. The molecule has 0 spiro atoms. The zero-order valence-corrected chi connectivity index (χ0v) is 19.8. The Balaban J connectivity index is 1.51. The SMILES string of the molecule is CO/N=C1/Cc2cccnc2C(=C2CCN(C(=O)Cc3ccncc3)CC2)c2ccc(Cl)cc21. The molecule has 6 nitrogen and oxygen atoms in total. The predicted octanol–water partition coefficient (Wildman–Crippen LogP) is 4.70. The van der Waals surface area contributed by atoms with Crippen LogP contribution >= 0.6 is 11.6 Å². The monoisotopic (exact) mass is 472 g/mol. The molecule has 1 fully saturated rings. The molecule has 2 aliphatic rings. The second kappa shape index (κ2) is 9.77. The van der Waals surface area contributed by atoms with Crippen molar-refractivity contribution in [1.82, 2.24) is 14.9 Å². The molecule has 34 heavy (non-hydrogen) atoms. The third-order valence-corrected chi connectivity index (χ3v) is 6.66. The minimum atomic E-state index is 0.149. The second-order valence-corrected chi connectivity index (χ2v) is 8.93. The fourth-order valence-electron chi connectivity index (χ4n) is 4.80. The lowest BCUT2D eigenvalue weighted by molar-refractivity contribution is -0.130. The lowest BCUT2D eigenvalue weighted by Gasteiger charge is -2.30. The quantitative estimate of drug-likeness (QED) is 0.518. The molecule has 3 heterocycles. The molecule has 1 saturated heterocycles. The van der Waals surface area contributed by atoms with Gasteiger partial charge >= 0.3 is 0 Å². The van der Waals surface area contributed by atoms with Gasteiger partial charge in [0.2, 0.25) is 5.91 Å². The van der Waals surface area contributed by atoms with E-state index in [1.165, 1.54) is 5.57 Å². The first-order valence-corrected chi connectivity index (χ1v) is 11.7. The van der Waals surface area contributed by atoms with Crippen molar-refractivity contribution in [3.63, 3.8) is 0 Å². The van der Waals surface area contributed by atoms with Gasteiger partial charge in [0.15, 0.2) is 0 Å². The molecule has 5 rings (SSSR count). The van der Waals surface area contributed by atoms with Gasteiger partial charge in [-0.1, -0.05) is 34.5 Å². The van der Waals surface area contributed by atoms with E-state index in [1.54, 1.807) is 19.5 Å². The molecule has 0 atom stereocenters. The zero-order valence-electron chi connectivity index (χ0n) is 19.0. The zero-order chi connectivity index (χ0) is 23.5. The summed E-state index contributed by atoms with van der Waals surface area (Å²) >= 11 is 6.39. The Kier molecular flexibility index (Phi) is 6.41. The van der Waals surface area contributed by atoms with Gasteiger partial charge in [-0.15, -0.1) is 0 Å². The Morgan fingerprint density at radius 3 is 2.65 bits per heavy atom. The summed E-state index contributed by atoms with van der Waals surface area (Å²) in [6.45, 7) is 1.37. The highest BCUT2D eigenvalue weighted by Crippen LogP contribution is 2.38. The summed E-state index contributed by atoms with van der Waals surface area (Å²) in [6, 6.07) is 13.7. The fraction of sp³-hybridized carbons (Fsp3) is 0.259. The van der Waals surface area contributed by atoms with Crippen LogP contribution in [0.5, 0.6) is 0 Å². The van der Waals surface area contributed by atoms with Crippen molar-refractivity contribution >= 4 is 28.8 Å². The topological polar surface area (TPSA) is 67.7 Å². The van der Waals surface area contributed by atoms with E-state index in [-0.39, 0.29) is 5.91 Å². The Hall–Kier alpha value is -3.51. The van der Waals surface area contributed by atoms with E-state index in [4.69, 9.17) is 21.4 Å². The summed E-state index contributed by atoms with van der Waals surface area (Å²) in [7, 11) is 1.56. The maximum Gasteiger partial charge on any atom is 0.227 e. The molecule has 1 amide bonds. The average Bonchev–Trinajstić information content (AvgIpc) is 2.99. The number of likely N-dealkylation sites (tertiary alicyclic amines) is 1. The predicted molar refractivity (Wildman–Crippen MR) is 133 cm³/mol. The maximum atomic E-state index is 12.9. The summed E-state index contributed by atoms with van der Waals surface area (Å²) in [5.41, 5.74) is 8.34. The lowest BCUT2D eigenvalue weighted by atomic mass is 9.88. The molecule has 7 heteroatoms. The van der Waals surface area contributed by atoms with Gasteiger partial charge in [0.25, 0.3) is 0 Å². The summed E-state index contributed by atoms with van der Waals surface area (Å²) in [4.78, 5) is 28.8. The highest BCUT2D eigenvalue weighted by atomic mass is 35.5. The molecule has 1 aliphatic heterocycles. The number of pyridine rings is 2. The number of fused-ring (bicyclic) bond motifs is 2. The standard InChI is InChI=1S/C27H25ClN4O2/c1-34-31-24-16-20-3-2-10-30-27(20)26(22-5-4-21(28)17-23(22)24)19-8-13-32(14-9-19)25(33)15-18-6-11-29-12-7-18/h2-7,10-12,17H,8-9,13-16H2,1H3/b31-24-. The van der Waals surface area contributed by atoms with Gasteiger partial charge in [-0.05, 0) is 59.9 Å². The first-order valence-electron chi connectivity index (χ1n) is 11.4. The average molecular weight is 473 g/mol. The number of amides is 1. The maximum absolute atomic E-state index is 12.9. The first-order chi connectivity index (χ1) is 16.6. The van der Waals surface area contributed by atoms with Gasteiger partial charge < -0.3 is 9.74 Å². The number of rotatable bonds is 3. The van der Waals surface area contributed by atoms with E-state index < -0.39 is 0 Å². The molecule has 0 N–H and O–H groups in total.